The Morgan fingerprint density at radius 2 is 1.85 bits per heavy atom. The van der Waals surface area contributed by atoms with E-state index in [1.165, 1.54) is 5.56 Å². The van der Waals surface area contributed by atoms with Gasteiger partial charge in [-0.3, -0.25) is 4.90 Å². The second kappa shape index (κ2) is 9.00. The van der Waals surface area contributed by atoms with Crippen LogP contribution in [0.5, 0.6) is 0 Å². The second-order valence-electron chi connectivity index (χ2n) is 6.19. The van der Waals surface area contributed by atoms with Crippen molar-refractivity contribution in [3.8, 4) is 11.3 Å². The van der Waals surface area contributed by atoms with Gasteiger partial charge in [-0.2, -0.15) is 0 Å². The van der Waals surface area contributed by atoms with Crippen molar-refractivity contribution in [3.05, 3.63) is 71.3 Å². The number of rotatable bonds is 8. The summed E-state index contributed by atoms with van der Waals surface area (Å²) >= 11 is 0. The van der Waals surface area contributed by atoms with E-state index >= 15 is 0 Å². The summed E-state index contributed by atoms with van der Waals surface area (Å²) in [5.74, 6) is 0.477. The fourth-order valence-corrected chi connectivity index (χ4v) is 2.88. The summed E-state index contributed by atoms with van der Waals surface area (Å²) in [6, 6.07) is 17.2. The predicted molar refractivity (Wildman–Crippen MR) is 109 cm³/mol. The van der Waals surface area contributed by atoms with Crippen molar-refractivity contribution in [3.63, 3.8) is 0 Å². The van der Waals surface area contributed by atoms with E-state index in [9.17, 15) is 4.91 Å². The minimum absolute atomic E-state index is 0.361. The van der Waals surface area contributed by atoms with Gasteiger partial charge in [-0.1, -0.05) is 38.1 Å². The molecule has 0 saturated carbocycles. The molecule has 0 atom stereocenters. The van der Waals surface area contributed by atoms with Crippen molar-refractivity contribution < 1.29 is 0 Å². The molecule has 6 heteroatoms. The van der Waals surface area contributed by atoms with Crippen LogP contribution in [-0.2, 0) is 6.54 Å². The highest BCUT2D eigenvalue weighted by Crippen LogP contribution is 2.23. The van der Waals surface area contributed by atoms with Gasteiger partial charge in [0.2, 0.25) is 5.95 Å². The van der Waals surface area contributed by atoms with Gasteiger partial charge in [-0.25, -0.2) is 9.97 Å². The molecule has 1 aromatic heterocycles. The lowest BCUT2D eigenvalue weighted by Crippen LogP contribution is -2.22. The maximum Gasteiger partial charge on any atom is 0.227 e. The summed E-state index contributed by atoms with van der Waals surface area (Å²) in [6.45, 7) is 7.31. The van der Waals surface area contributed by atoms with Gasteiger partial charge in [0, 0.05) is 24.0 Å². The Bertz CT molecular complexity index is 908. The van der Waals surface area contributed by atoms with Crippen molar-refractivity contribution in [1.29, 1.82) is 0 Å². The first-order chi connectivity index (χ1) is 13.2. The normalized spacial score (nSPS) is 10.8. The first-order valence-electron chi connectivity index (χ1n) is 9.07. The molecule has 0 fully saturated rings. The van der Waals surface area contributed by atoms with Crippen LogP contribution in [0, 0.1) is 4.91 Å². The lowest BCUT2D eigenvalue weighted by Gasteiger charge is -2.18. The first kappa shape index (κ1) is 18.7. The van der Waals surface area contributed by atoms with Gasteiger partial charge in [0.1, 0.15) is 5.69 Å². The Morgan fingerprint density at radius 3 is 2.63 bits per heavy atom. The highest BCUT2D eigenvalue weighted by molar-refractivity contribution is 5.64. The molecule has 0 saturated heterocycles. The number of hydrogen-bond donors (Lipinski definition) is 1. The minimum Gasteiger partial charge on any atom is -0.324 e. The zero-order valence-corrected chi connectivity index (χ0v) is 15.6. The Hall–Kier alpha value is -3.12. The molecule has 0 aliphatic carbocycles. The van der Waals surface area contributed by atoms with Gasteiger partial charge in [0.15, 0.2) is 0 Å². The highest BCUT2D eigenvalue weighted by Gasteiger charge is 2.06. The fraction of sp³-hybridized carbons (Fsp3) is 0.238. The second-order valence-corrected chi connectivity index (χ2v) is 6.19. The Kier molecular flexibility index (Phi) is 6.22. The first-order valence-corrected chi connectivity index (χ1v) is 9.07. The molecule has 1 heterocycles. The number of nitrogens with one attached hydrogen (secondary N) is 1. The van der Waals surface area contributed by atoms with Crippen LogP contribution in [0.3, 0.4) is 0 Å². The zero-order valence-electron chi connectivity index (χ0n) is 15.6. The number of nitrogens with zero attached hydrogens (tertiary/aromatic N) is 4. The quantitative estimate of drug-likeness (QED) is 0.563. The Labute approximate surface area is 159 Å². The van der Waals surface area contributed by atoms with Crippen molar-refractivity contribution in [2.24, 2.45) is 5.18 Å². The van der Waals surface area contributed by atoms with Gasteiger partial charge in [-0.05, 0) is 54.2 Å². The van der Waals surface area contributed by atoms with Gasteiger partial charge in [0.05, 0.1) is 5.69 Å². The van der Waals surface area contributed by atoms with E-state index in [-0.39, 0.29) is 0 Å². The van der Waals surface area contributed by atoms with Crippen molar-refractivity contribution in [1.82, 2.24) is 14.9 Å². The van der Waals surface area contributed by atoms with Crippen LogP contribution in [0.25, 0.3) is 11.3 Å². The standard InChI is InChI=1S/C21H23N5O/c1-3-26(4-2)15-16-7-5-8-17(13-16)20-11-12-22-21(24-20)23-18-9-6-10-19(14-18)25-27/h5-14H,3-4,15H2,1-2H3,(H,22,23,24). The van der Waals surface area contributed by atoms with Crippen LogP contribution < -0.4 is 5.32 Å². The van der Waals surface area contributed by atoms with E-state index in [2.05, 4.69) is 63.5 Å². The minimum atomic E-state index is 0.361. The molecular weight excluding hydrogens is 338 g/mol. The molecule has 0 spiro atoms. The van der Waals surface area contributed by atoms with E-state index in [4.69, 9.17) is 0 Å². The molecule has 0 aliphatic heterocycles. The molecule has 3 rings (SSSR count). The largest absolute Gasteiger partial charge is 0.324 e. The molecule has 0 unspecified atom stereocenters. The lowest BCUT2D eigenvalue weighted by atomic mass is 10.1. The molecule has 6 nitrogen and oxygen atoms in total. The highest BCUT2D eigenvalue weighted by atomic mass is 16.3. The monoisotopic (exact) mass is 361 g/mol. The maximum atomic E-state index is 10.7. The number of aromatic nitrogens is 2. The average Bonchev–Trinajstić information content (AvgIpc) is 2.72. The number of nitroso groups, excluding NO2 is 1. The smallest absolute Gasteiger partial charge is 0.227 e. The molecular formula is C21H23N5O. The van der Waals surface area contributed by atoms with Gasteiger partial charge in [-0.15, -0.1) is 4.91 Å². The molecule has 27 heavy (non-hydrogen) atoms. The third-order valence-electron chi connectivity index (χ3n) is 4.39. The van der Waals surface area contributed by atoms with E-state index in [1.54, 1.807) is 24.4 Å². The van der Waals surface area contributed by atoms with Gasteiger partial charge >= 0.3 is 0 Å². The van der Waals surface area contributed by atoms with Crippen LogP contribution in [0.1, 0.15) is 19.4 Å². The SMILES string of the molecule is CCN(CC)Cc1cccc(-c2ccnc(Nc3cccc(N=O)c3)n2)c1. The summed E-state index contributed by atoms with van der Waals surface area (Å²) < 4.78 is 0. The summed E-state index contributed by atoms with van der Waals surface area (Å²) in [5.41, 5.74) is 4.24. The van der Waals surface area contributed by atoms with Crippen LogP contribution in [0.15, 0.2) is 66.0 Å². The van der Waals surface area contributed by atoms with Crippen molar-refractivity contribution in [2.75, 3.05) is 18.4 Å². The summed E-state index contributed by atoms with van der Waals surface area (Å²) in [6.07, 6.45) is 1.73. The van der Waals surface area contributed by atoms with Crippen molar-refractivity contribution in [2.45, 2.75) is 20.4 Å². The van der Waals surface area contributed by atoms with Gasteiger partial charge < -0.3 is 5.32 Å². The summed E-state index contributed by atoms with van der Waals surface area (Å²) in [7, 11) is 0. The molecule has 0 radical (unpaired) electrons. The lowest BCUT2D eigenvalue weighted by molar-refractivity contribution is 0.296. The molecule has 0 bridgehead atoms. The van der Waals surface area contributed by atoms with E-state index < -0.39 is 0 Å². The fourth-order valence-electron chi connectivity index (χ4n) is 2.88. The van der Waals surface area contributed by atoms with Gasteiger partial charge in [0.25, 0.3) is 0 Å². The maximum absolute atomic E-state index is 10.7. The van der Waals surface area contributed by atoms with E-state index in [0.717, 1.165) is 36.6 Å². The topological polar surface area (TPSA) is 70.5 Å². The molecule has 2 aromatic carbocycles. The average molecular weight is 361 g/mol. The molecule has 0 aliphatic rings. The molecule has 0 amide bonds. The molecule has 138 valence electrons. The number of benzene rings is 2. The molecule has 1 N–H and O–H groups in total. The zero-order chi connectivity index (χ0) is 19.1. The number of hydrogen-bond acceptors (Lipinski definition) is 6. The molecule has 3 aromatic rings. The third-order valence-corrected chi connectivity index (χ3v) is 4.39. The van der Waals surface area contributed by atoms with Crippen LogP contribution in [-0.4, -0.2) is 28.0 Å². The Balaban J connectivity index is 1.81. The summed E-state index contributed by atoms with van der Waals surface area (Å²) in [5, 5.41) is 6.07. The Morgan fingerprint density at radius 1 is 1.04 bits per heavy atom. The van der Waals surface area contributed by atoms with Crippen LogP contribution in [0.2, 0.25) is 0 Å². The third kappa shape index (κ3) is 4.95. The van der Waals surface area contributed by atoms with E-state index in [1.807, 2.05) is 12.1 Å². The number of anilines is 2. The van der Waals surface area contributed by atoms with Crippen LogP contribution in [0.4, 0.5) is 17.3 Å². The van der Waals surface area contributed by atoms with Crippen molar-refractivity contribution >= 4 is 17.3 Å². The summed E-state index contributed by atoms with van der Waals surface area (Å²) in [4.78, 5) is 21.9. The van der Waals surface area contributed by atoms with E-state index in [0.29, 0.717) is 11.6 Å². The van der Waals surface area contributed by atoms with Crippen LogP contribution >= 0.6 is 0 Å². The predicted octanol–water partition coefficient (Wildman–Crippen LogP) is 5.13.